The van der Waals surface area contributed by atoms with Crippen LogP contribution in [0, 0.1) is 0 Å². The largest absolute Gasteiger partial charge is 0.298 e. The Bertz CT molecular complexity index is 587. The number of nitrogens with zero attached hydrogens (tertiary/aromatic N) is 3. The molecule has 3 nitrogen and oxygen atoms in total. The van der Waals surface area contributed by atoms with Gasteiger partial charge in [0.1, 0.15) is 0 Å². The zero-order chi connectivity index (χ0) is 15.4. The molecule has 2 heterocycles. The van der Waals surface area contributed by atoms with Gasteiger partial charge in [-0.25, -0.2) is 0 Å². The molecule has 0 atom stereocenters. The third-order valence-corrected chi connectivity index (χ3v) is 4.43. The van der Waals surface area contributed by atoms with Crippen molar-refractivity contribution < 1.29 is 0 Å². The number of hydrogen-bond donors (Lipinski definition) is 0. The van der Waals surface area contributed by atoms with E-state index in [1.807, 2.05) is 18.3 Å². The Morgan fingerprint density at radius 1 is 1.00 bits per heavy atom. The maximum absolute atomic E-state index is 4.45. The molecule has 1 aromatic carbocycles. The molecule has 0 unspecified atom stereocenters. The molecule has 0 bridgehead atoms. The summed E-state index contributed by atoms with van der Waals surface area (Å²) in [5.74, 6) is 0. The van der Waals surface area contributed by atoms with Crippen LogP contribution in [0.15, 0.2) is 48.7 Å². The minimum atomic E-state index is 0.662. The zero-order valence-electron chi connectivity index (χ0n) is 13.6. The summed E-state index contributed by atoms with van der Waals surface area (Å²) in [5, 5.41) is 0. The lowest BCUT2D eigenvalue weighted by Crippen LogP contribution is -2.48. The fourth-order valence-corrected chi connectivity index (χ4v) is 3.06. The summed E-state index contributed by atoms with van der Waals surface area (Å²) in [6.07, 6.45) is 1.85. The van der Waals surface area contributed by atoms with Crippen molar-refractivity contribution in [1.29, 1.82) is 0 Å². The normalized spacial score (nSPS) is 17.0. The summed E-state index contributed by atoms with van der Waals surface area (Å²) in [5.41, 5.74) is 3.63. The second-order valence-electron chi connectivity index (χ2n) is 6.32. The van der Waals surface area contributed by atoms with Crippen LogP contribution in [0.25, 0.3) is 11.3 Å². The third-order valence-electron chi connectivity index (χ3n) is 4.43. The lowest BCUT2D eigenvalue weighted by Gasteiger charge is -2.37. The van der Waals surface area contributed by atoms with E-state index in [0.717, 1.165) is 25.3 Å². The van der Waals surface area contributed by atoms with Crippen molar-refractivity contribution in [2.24, 2.45) is 0 Å². The van der Waals surface area contributed by atoms with Gasteiger partial charge in [0.2, 0.25) is 0 Å². The van der Waals surface area contributed by atoms with E-state index < -0.39 is 0 Å². The summed E-state index contributed by atoms with van der Waals surface area (Å²) in [6.45, 7) is 10.3. The molecule has 1 saturated heterocycles. The van der Waals surface area contributed by atoms with E-state index in [1.165, 1.54) is 24.2 Å². The van der Waals surface area contributed by atoms with Gasteiger partial charge in [-0.2, -0.15) is 0 Å². The number of hydrogen-bond acceptors (Lipinski definition) is 3. The van der Waals surface area contributed by atoms with Crippen LogP contribution in [0.3, 0.4) is 0 Å². The van der Waals surface area contributed by atoms with Gasteiger partial charge in [-0.1, -0.05) is 24.3 Å². The summed E-state index contributed by atoms with van der Waals surface area (Å²) in [6, 6.07) is 15.5. The van der Waals surface area contributed by atoms with Crippen LogP contribution in [0.5, 0.6) is 0 Å². The second-order valence-corrected chi connectivity index (χ2v) is 6.32. The average molecular weight is 295 g/mol. The monoisotopic (exact) mass is 295 g/mol. The molecule has 1 aliphatic rings. The Morgan fingerprint density at radius 3 is 2.50 bits per heavy atom. The number of aromatic nitrogens is 1. The minimum Gasteiger partial charge on any atom is -0.298 e. The number of piperazine rings is 1. The minimum absolute atomic E-state index is 0.662. The van der Waals surface area contributed by atoms with Crippen LogP contribution < -0.4 is 0 Å². The molecule has 0 aliphatic carbocycles. The highest BCUT2D eigenvalue weighted by Crippen LogP contribution is 2.19. The van der Waals surface area contributed by atoms with Crippen molar-refractivity contribution in [2.75, 3.05) is 26.2 Å². The maximum Gasteiger partial charge on any atom is 0.0702 e. The zero-order valence-corrected chi connectivity index (χ0v) is 13.6. The number of rotatable bonds is 4. The smallest absolute Gasteiger partial charge is 0.0702 e. The highest BCUT2D eigenvalue weighted by atomic mass is 15.3. The van der Waals surface area contributed by atoms with Gasteiger partial charge in [0, 0.05) is 50.5 Å². The van der Waals surface area contributed by atoms with Crippen LogP contribution in [0.2, 0.25) is 0 Å². The highest BCUT2D eigenvalue weighted by molar-refractivity contribution is 5.59. The molecular weight excluding hydrogens is 270 g/mol. The van der Waals surface area contributed by atoms with Crippen LogP contribution in [-0.4, -0.2) is 47.0 Å². The lowest BCUT2D eigenvalue weighted by atomic mass is 10.1. The van der Waals surface area contributed by atoms with Crippen LogP contribution in [-0.2, 0) is 6.54 Å². The molecule has 1 aromatic heterocycles. The predicted octanol–water partition coefficient (Wildman–Crippen LogP) is 3.27. The average Bonchev–Trinajstić information content (AvgIpc) is 2.56. The van der Waals surface area contributed by atoms with E-state index >= 15 is 0 Å². The van der Waals surface area contributed by atoms with Gasteiger partial charge in [-0.15, -0.1) is 0 Å². The summed E-state index contributed by atoms with van der Waals surface area (Å²) >= 11 is 0. The van der Waals surface area contributed by atoms with Crippen LogP contribution >= 0.6 is 0 Å². The Balaban J connectivity index is 1.64. The van der Waals surface area contributed by atoms with E-state index in [-0.39, 0.29) is 0 Å². The van der Waals surface area contributed by atoms with E-state index in [0.29, 0.717) is 6.04 Å². The molecule has 116 valence electrons. The topological polar surface area (TPSA) is 19.4 Å². The van der Waals surface area contributed by atoms with Crippen molar-refractivity contribution in [3.63, 3.8) is 0 Å². The van der Waals surface area contributed by atoms with E-state index in [9.17, 15) is 0 Å². The molecule has 22 heavy (non-hydrogen) atoms. The second kappa shape index (κ2) is 7.03. The molecule has 1 fully saturated rings. The Hall–Kier alpha value is -1.71. The Morgan fingerprint density at radius 2 is 1.82 bits per heavy atom. The van der Waals surface area contributed by atoms with Gasteiger partial charge in [0.05, 0.1) is 5.69 Å². The van der Waals surface area contributed by atoms with E-state index in [4.69, 9.17) is 0 Å². The molecule has 0 amide bonds. The Kier molecular flexibility index (Phi) is 4.86. The molecule has 1 aliphatic heterocycles. The van der Waals surface area contributed by atoms with Crippen molar-refractivity contribution >= 4 is 0 Å². The lowest BCUT2D eigenvalue weighted by molar-refractivity contribution is 0.104. The third kappa shape index (κ3) is 3.73. The first-order valence-corrected chi connectivity index (χ1v) is 8.19. The fourth-order valence-electron chi connectivity index (χ4n) is 3.06. The summed E-state index contributed by atoms with van der Waals surface area (Å²) in [7, 11) is 0. The summed E-state index contributed by atoms with van der Waals surface area (Å²) < 4.78 is 0. The van der Waals surface area contributed by atoms with Gasteiger partial charge in [-0.05, 0) is 37.6 Å². The summed E-state index contributed by atoms with van der Waals surface area (Å²) in [4.78, 5) is 9.55. The van der Waals surface area contributed by atoms with Gasteiger partial charge in [0.25, 0.3) is 0 Å². The Labute approximate surface area is 133 Å². The molecule has 0 radical (unpaired) electrons. The van der Waals surface area contributed by atoms with Gasteiger partial charge in [0.15, 0.2) is 0 Å². The molecule has 0 spiro atoms. The van der Waals surface area contributed by atoms with Crippen LogP contribution in [0.1, 0.15) is 19.4 Å². The van der Waals surface area contributed by atoms with Crippen molar-refractivity contribution in [3.8, 4) is 11.3 Å². The quantitative estimate of drug-likeness (QED) is 0.863. The maximum atomic E-state index is 4.45. The first-order valence-electron chi connectivity index (χ1n) is 8.19. The molecule has 0 N–H and O–H groups in total. The molecule has 3 rings (SSSR count). The van der Waals surface area contributed by atoms with Gasteiger partial charge >= 0.3 is 0 Å². The predicted molar refractivity (Wildman–Crippen MR) is 91.7 cm³/mol. The highest BCUT2D eigenvalue weighted by Gasteiger charge is 2.18. The SMILES string of the molecule is CC(C)N1CCN(Cc2cccc(-c3ccccn3)c2)CC1. The molecule has 0 saturated carbocycles. The fraction of sp³-hybridized carbons (Fsp3) is 0.421. The standard InChI is InChI=1S/C19H25N3/c1-16(2)22-12-10-21(11-13-22)15-17-6-5-7-18(14-17)19-8-3-4-9-20-19/h3-9,14,16H,10-13,15H2,1-2H3. The number of benzene rings is 1. The molecule has 2 aromatic rings. The van der Waals surface area contributed by atoms with E-state index in [1.54, 1.807) is 0 Å². The molecule has 3 heteroatoms. The van der Waals surface area contributed by atoms with Crippen molar-refractivity contribution in [2.45, 2.75) is 26.4 Å². The molecular formula is C19H25N3. The van der Waals surface area contributed by atoms with Gasteiger partial charge < -0.3 is 0 Å². The van der Waals surface area contributed by atoms with Crippen molar-refractivity contribution in [3.05, 3.63) is 54.2 Å². The first kappa shape index (κ1) is 15.2. The van der Waals surface area contributed by atoms with Crippen molar-refractivity contribution in [1.82, 2.24) is 14.8 Å². The van der Waals surface area contributed by atoms with E-state index in [2.05, 4.69) is 59.0 Å². The van der Waals surface area contributed by atoms with Crippen LogP contribution in [0.4, 0.5) is 0 Å². The number of pyridine rings is 1. The van der Waals surface area contributed by atoms with Gasteiger partial charge in [-0.3, -0.25) is 14.8 Å². The first-order chi connectivity index (χ1) is 10.7.